The monoisotopic (exact) mass is 473 g/mol. The molecule has 3 heteroatoms. The van der Waals surface area contributed by atoms with Crippen LogP contribution in [0.2, 0.25) is 0 Å². The van der Waals surface area contributed by atoms with Gasteiger partial charge < -0.3 is 0 Å². The van der Waals surface area contributed by atoms with Gasteiger partial charge in [-0.3, -0.25) is 10.0 Å². The molecule has 182 valence electrons. The van der Waals surface area contributed by atoms with Crippen LogP contribution in [-0.2, 0) is 6.54 Å². The molecule has 5 aromatic carbocycles. The molecule has 0 radical (unpaired) electrons. The largest absolute Gasteiger partial charge is 0.289 e. The maximum Gasteiger partial charge on any atom is 0.0668 e. The zero-order valence-electron chi connectivity index (χ0n) is 21.2. The Hall–Kier alpha value is -3.56. The maximum atomic E-state index is 3.72. The molecule has 0 aromatic heterocycles. The van der Waals surface area contributed by atoms with E-state index in [1.165, 1.54) is 87.8 Å². The van der Waals surface area contributed by atoms with E-state index in [9.17, 15) is 0 Å². The van der Waals surface area contributed by atoms with Gasteiger partial charge in [-0.05, 0) is 51.4 Å². The zero-order valence-corrected chi connectivity index (χ0v) is 21.2. The van der Waals surface area contributed by atoms with Gasteiger partial charge in [0.1, 0.15) is 0 Å². The summed E-state index contributed by atoms with van der Waals surface area (Å²) in [5, 5.41) is 12.5. The van der Waals surface area contributed by atoms with E-state index in [2.05, 4.69) is 114 Å². The van der Waals surface area contributed by atoms with Crippen molar-refractivity contribution in [3.8, 4) is 0 Å². The van der Waals surface area contributed by atoms with Crippen molar-refractivity contribution in [2.75, 3.05) is 5.01 Å². The molecule has 36 heavy (non-hydrogen) atoms. The van der Waals surface area contributed by atoms with Crippen LogP contribution in [0.15, 0.2) is 96.8 Å². The van der Waals surface area contributed by atoms with Gasteiger partial charge in [0.25, 0.3) is 0 Å². The first-order valence-electron chi connectivity index (χ1n) is 13.6. The molecule has 0 spiro atoms. The Labute approximate surface area is 214 Å². The number of rotatable bonds is 10. The number of nitrogens with one attached hydrogen (secondary N) is 1. The van der Waals surface area contributed by atoms with Crippen LogP contribution in [0, 0.1) is 0 Å². The molecule has 0 aliphatic carbocycles. The second kappa shape index (κ2) is 10.2. The summed E-state index contributed by atoms with van der Waals surface area (Å²) < 4.78 is 0. The molecule has 6 rings (SSSR count). The minimum absolute atomic E-state index is 0.852. The van der Waals surface area contributed by atoms with Crippen molar-refractivity contribution in [2.45, 2.75) is 58.4 Å². The fourth-order valence-corrected chi connectivity index (χ4v) is 5.68. The molecular weight excluding hydrogens is 438 g/mol. The number of nitrogens with zero attached hydrogens (tertiary/aromatic N) is 2. The van der Waals surface area contributed by atoms with Gasteiger partial charge in [-0.15, -0.1) is 5.53 Å². The lowest BCUT2D eigenvalue weighted by Crippen LogP contribution is -2.40. The minimum Gasteiger partial charge on any atom is -0.289 e. The van der Waals surface area contributed by atoms with Crippen LogP contribution < -0.4 is 10.5 Å². The number of benzene rings is 5. The molecular formula is C33H35N3. The van der Waals surface area contributed by atoms with Gasteiger partial charge in [0.2, 0.25) is 0 Å². The summed E-state index contributed by atoms with van der Waals surface area (Å²) in [6.45, 7) is 3.13. The van der Waals surface area contributed by atoms with E-state index in [-0.39, 0.29) is 0 Å². The molecule has 3 nitrogen and oxygen atoms in total. The molecule has 1 N–H and O–H groups in total. The third kappa shape index (κ3) is 4.40. The smallest absolute Gasteiger partial charge is 0.0668 e. The Morgan fingerprint density at radius 1 is 0.639 bits per heavy atom. The van der Waals surface area contributed by atoms with E-state index in [0.29, 0.717) is 0 Å². The fraction of sp³-hybridized carbons (Fsp3) is 0.273. The molecule has 0 unspecified atom stereocenters. The molecule has 1 aliphatic heterocycles. The number of unbranched alkanes of at least 4 members (excludes halogenated alkanes) is 5. The van der Waals surface area contributed by atoms with Crippen molar-refractivity contribution >= 4 is 38.0 Å². The predicted molar refractivity (Wildman–Crippen MR) is 154 cm³/mol. The highest BCUT2D eigenvalue weighted by molar-refractivity contribution is 6.25. The van der Waals surface area contributed by atoms with Gasteiger partial charge in [-0.2, -0.15) is 0 Å². The minimum atomic E-state index is 0.852. The zero-order chi connectivity index (χ0) is 24.3. The van der Waals surface area contributed by atoms with Gasteiger partial charge >= 0.3 is 0 Å². The molecule has 1 heterocycles. The lowest BCUT2D eigenvalue weighted by molar-refractivity contribution is 0.254. The van der Waals surface area contributed by atoms with Crippen LogP contribution in [0.3, 0.4) is 0 Å². The van der Waals surface area contributed by atoms with Gasteiger partial charge in [0.05, 0.1) is 12.2 Å². The van der Waals surface area contributed by atoms with E-state index >= 15 is 0 Å². The Bertz CT molecular complexity index is 1470. The van der Waals surface area contributed by atoms with Gasteiger partial charge in [-0.1, -0.05) is 118 Å². The van der Waals surface area contributed by atoms with Crippen LogP contribution in [0.4, 0.5) is 5.69 Å². The SMILES string of the molecule is CCCCCCCCC1=CN(c2ccc3ccc4cccc5ccc2c3c45)NN1Cc1ccccc1. The predicted octanol–water partition coefficient (Wildman–Crippen LogP) is 8.92. The van der Waals surface area contributed by atoms with Crippen molar-refractivity contribution in [1.82, 2.24) is 10.5 Å². The Morgan fingerprint density at radius 3 is 2.14 bits per heavy atom. The Balaban J connectivity index is 1.32. The van der Waals surface area contributed by atoms with Crippen LogP contribution >= 0.6 is 0 Å². The molecule has 0 amide bonds. The molecule has 0 saturated heterocycles. The second-order valence-electron chi connectivity index (χ2n) is 10.1. The van der Waals surface area contributed by atoms with Crippen LogP contribution in [0.25, 0.3) is 32.3 Å². The first-order valence-corrected chi connectivity index (χ1v) is 13.6. The van der Waals surface area contributed by atoms with Crippen molar-refractivity contribution in [3.63, 3.8) is 0 Å². The first-order chi connectivity index (χ1) is 17.8. The standard InChI is InChI=1S/C33H35N3/c1-2-3-4-5-6-10-16-29-24-36(34-35(29)23-25-12-8-7-9-13-25)31-22-20-28-18-17-26-14-11-15-27-19-21-30(31)33(28)32(26)27/h7-9,11-15,17-22,24,34H,2-6,10,16,23H2,1H3. The molecule has 0 bridgehead atoms. The van der Waals surface area contributed by atoms with E-state index in [4.69, 9.17) is 0 Å². The second-order valence-corrected chi connectivity index (χ2v) is 10.1. The summed E-state index contributed by atoms with van der Waals surface area (Å²) in [5.74, 6) is 0. The number of hydrazine groups is 2. The average Bonchev–Trinajstić information content (AvgIpc) is 3.31. The topological polar surface area (TPSA) is 18.5 Å². The maximum absolute atomic E-state index is 3.72. The summed E-state index contributed by atoms with van der Waals surface area (Å²) in [6.07, 6.45) is 11.3. The molecule has 0 fully saturated rings. The molecule has 5 aromatic rings. The highest BCUT2D eigenvalue weighted by Gasteiger charge is 2.23. The number of anilines is 1. The third-order valence-electron chi connectivity index (χ3n) is 7.59. The quantitative estimate of drug-likeness (QED) is 0.161. The lowest BCUT2D eigenvalue weighted by Gasteiger charge is -2.26. The molecule has 0 atom stereocenters. The van der Waals surface area contributed by atoms with Crippen LogP contribution in [-0.4, -0.2) is 5.01 Å². The highest BCUT2D eigenvalue weighted by Crippen LogP contribution is 2.39. The summed E-state index contributed by atoms with van der Waals surface area (Å²) in [5.41, 5.74) is 7.60. The van der Waals surface area contributed by atoms with E-state index in [1.807, 2.05) is 0 Å². The summed E-state index contributed by atoms with van der Waals surface area (Å²) in [4.78, 5) is 0. The van der Waals surface area contributed by atoms with Crippen LogP contribution in [0.1, 0.15) is 57.4 Å². The van der Waals surface area contributed by atoms with Crippen molar-refractivity contribution in [2.24, 2.45) is 0 Å². The summed E-state index contributed by atoms with van der Waals surface area (Å²) in [7, 11) is 0. The number of allylic oxidation sites excluding steroid dienone is 1. The first kappa shape index (κ1) is 22.9. The summed E-state index contributed by atoms with van der Waals surface area (Å²) in [6, 6.07) is 31.0. The van der Waals surface area contributed by atoms with Gasteiger partial charge in [0, 0.05) is 17.3 Å². The Kier molecular flexibility index (Phi) is 6.48. The number of hydrogen-bond donors (Lipinski definition) is 1. The van der Waals surface area contributed by atoms with Gasteiger partial charge in [-0.25, -0.2) is 0 Å². The van der Waals surface area contributed by atoms with E-state index < -0.39 is 0 Å². The van der Waals surface area contributed by atoms with Crippen molar-refractivity contribution < 1.29 is 0 Å². The highest BCUT2D eigenvalue weighted by atomic mass is 15.8. The molecule has 1 aliphatic rings. The van der Waals surface area contributed by atoms with E-state index in [0.717, 1.165) is 13.0 Å². The van der Waals surface area contributed by atoms with Crippen molar-refractivity contribution in [3.05, 3.63) is 102 Å². The fourth-order valence-electron chi connectivity index (χ4n) is 5.68. The Morgan fingerprint density at radius 2 is 1.33 bits per heavy atom. The van der Waals surface area contributed by atoms with Gasteiger partial charge in [0.15, 0.2) is 0 Å². The number of hydrogen-bond acceptors (Lipinski definition) is 3. The summed E-state index contributed by atoms with van der Waals surface area (Å²) >= 11 is 0. The average molecular weight is 474 g/mol. The lowest BCUT2D eigenvalue weighted by atomic mass is 9.93. The van der Waals surface area contributed by atoms with Crippen molar-refractivity contribution in [1.29, 1.82) is 0 Å². The molecule has 0 saturated carbocycles. The third-order valence-corrected chi connectivity index (χ3v) is 7.59. The van der Waals surface area contributed by atoms with E-state index in [1.54, 1.807) is 0 Å². The normalized spacial score (nSPS) is 14.0. The van der Waals surface area contributed by atoms with Crippen LogP contribution in [0.5, 0.6) is 0 Å².